The van der Waals surface area contributed by atoms with Crippen molar-refractivity contribution >= 4 is 15.9 Å². The van der Waals surface area contributed by atoms with E-state index in [1.54, 1.807) is 0 Å². The van der Waals surface area contributed by atoms with Gasteiger partial charge in [0.1, 0.15) is 0 Å². The first-order chi connectivity index (χ1) is 4.56. The van der Waals surface area contributed by atoms with E-state index in [1.165, 1.54) is 6.08 Å². The molecule has 0 spiro atoms. The summed E-state index contributed by atoms with van der Waals surface area (Å²) in [7, 11) is 0. The second kappa shape index (κ2) is 4.83. The van der Waals surface area contributed by atoms with E-state index in [-0.39, 0.29) is 0 Å². The molecule has 0 nitrogen and oxygen atoms in total. The van der Waals surface area contributed by atoms with Crippen LogP contribution in [-0.4, -0.2) is 4.83 Å². The minimum absolute atomic E-state index is 0.734. The molecule has 60 valence electrons. The van der Waals surface area contributed by atoms with Crippen LogP contribution in [0.4, 0.5) is 8.78 Å². The highest BCUT2D eigenvalue weighted by molar-refractivity contribution is 9.10. The van der Waals surface area contributed by atoms with Crippen molar-refractivity contribution in [3.63, 3.8) is 0 Å². The molecule has 0 rings (SSSR count). The molecule has 0 aromatic carbocycles. The Bertz CT molecular complexity index is 105. The Morgan fingerprint density at radius 3 is 2.50 bits per heavy atom. The van der Waals surface area contributed by atoms with E-state index >= 15 is 0 Å². The predicted molar refractivity (Wildman–Crippen MR) is 42.5 cm³/mol. The average molecular weight is 213 g/mol. The summed E-state index contributed by atoms with van der Waals surface area (Å²) >= 11 is 2.21. The van der Waals surface area contributed by atoms with Crippen molar-refractivity contribution in [2.45, 2.75) is 31.0 Å². The predicted octanol–water partition coefficient (Wildman–Crippen LogP) is 3.72. The summed E-state index contributed by atoms with van der Waals surface area (Å²) in [4.78, 5) is -2.82. The largest absolute Gasteiger partial charge is 0.319 e. The van der Waals surface area contributed by atoms with Crippen LogP contribution in [0.1, 0.15) is 26.2 Å². The topological polar surface area (TPSA) is 0 Å². The lowest BCUT2D eigenvalue weighted by Gasteiger charge is -1.98. The van der Waals surface area contributed by atoms with Crippen LogP contribution in [0.5, 0.6) is 0 Å². The van der Waals surface area contributed by atoms with Gasteiger partial charge in [0.2, 0.25) is 0 Å². The molecule has 0 fully saturated rings. The molecule has 0 amide bonds. The average Bonchev–Trinajstić information content (AvgIpc) is 1.78. The number of allylic oxidation sites excluding steroid dienone is 2. The van der Waals surface area contributed by atoms with Crippen LogP contribution in [0.25, 0.3) is 0 Å². The molecule has 0 bridgehead atoms. The van der Waals surface area contributed by atoms with Crippen molar-refractivity contribution in [3.05, 3.63) is 12.2 Å². The zero-order chi connectivity index (χ0) is 8.04. The van der Waals surface area contributed by atoms with Gasteiger partial charge in [-0.2, -0.15) is 8.78 Å². The van der Waals surface area contributed by atoms with Crippen LogP contribution in [-0.2, 0) is 0 Å². The molecule has 0 aliphatic heterocycles. The standard InChI is InChI=1S/C7H11BrF2/c1-2-3-4-5-6-7(8,9)10/h5-6H,2-4H2,1H3/b6-5-. The van der Waals surface area contributed by atoms with Crippen LogP contribution >= 0.6 is 15.9 Å². The van der Waals surface area contributed by atoms with Gasteiger partial charge in [-0.15, -0.1) is 0 Å². The lowest BCUT2D eigenvalue weighted by atomic mass is 10.2. The van der Waals surface area contributed by atoms with Crippen LogP contribution in [0.2, 0.25) is 0 Å². The maximum absolute atomic E-state index is 12.0. The van der Waals surface area contributed by atoms with Crippen molar-refractivity contribution in [2.24, 2.45) is 0 Å². The molecule has 0 atom stereocenters. The number of hydrogen-bond acceptors (Lipinski definition) is 0. The molecule has 0 saturated heterocycles. The fourth-order valence-corrected chi connectivity index (χ4v) is 0.726. The van der Waals surface area contributed by atoms with Crippen LogP contribution in [0.3, 0.4) is 0 Å². The molecule has 0 unspecified atom stereocenters. The Hall–Kier alpha value is 0.0800. The van der Waals surface area contributed by atoms with E-state index in [0.29, 0.717) is 0 Å². The first kappa shape index (κ1) is 10.1. The molecule has 10 heavy (non-hydrogen) atoms. The molecule has 0 N–H and O–H groups in total. The van der Waals surface area contributed by atoms with E-state index in [1.807, 2.05) is 6.92 Å². The number of halogens is 3. The van der Waals surface area contributed by atoms with Crippen molar-refractivity contribution in [1.82, 2.24) is 0 Å². The maximum Gasteiger partial charge on any atom is 0.319 e. The molecule has 0 aromatic heterocycles. The molecule has 0 aliphatic rings. The number of rotatable bonds is 4. The molecule has 0 heterocycles. The highest BCUT2D eigenvalue weighted by Crippen LogP contribution is 2.23. The highest BCUT2D eigenvalue weighted by atomic mass is 79.9. The quantitative estimate of drug-likeness (QED) is 0.379. The third-order valence-electron chi connectivity index (χ3n) is 1.03. The van der Waals surface area contributed by atoms with Gasteiger partial charge in [-0.1, -0.05) is 25.8 Å². The summed E-state index contributed by atoms with van der Waals surface area (Å²) in [5.74, 6) is 0. The van der Waals surface area contributed by atoms with Gasteiger partial charge in [-0.05, 0) is 28.4 Å². The Morgan fingerprint density at radius 1 is 1.50 bits per heavy atom. The third-order valence-corrected chi connectivity index (χ3v) is 1.30. The van der Waals surface area contributed by atoms with Gasteiger partial charge in [-0.25, -0.2) is 0 Å². The lowest BCUT2D eigenvalue weighted by molar-refractivity contribution is 0.171. The van der Waals surface area contributed by atoms with Crippen LogP contribution in [0, 0.1) is 0 Å². The number of alkyl halides is 3. The first-order valence-corrected chi connectivity index (χ1v) is 4.10. The van der Waals surface area contributed by atoms with Crippen molar-refractivity contribution < 1.29 is 8.78 Å². The SMILES string of the molecule is CCCC/C=C\C(F)(F)Br. The van der Waals surface area contributed by atoms with Crippen molar-refractivity contribution in [3.8, 4) is 0 Å². The Balaban J connectivity index is 3.37. The number of hydrogen-bond donors (Lipinski definition) is 0. The monoisotopic (exact) mass is 212 g/mol. The zero-order valence-electron chi connectivity index (χ0n) is 5.91. The van der Waals surface area contributed by atoms with Crippen LogP contribution in [0.15, 0.2) is 12.2 Å². The van der Waals surface area contributed by atoms with Crippen LogP contribution < -0.4 is 0 Å². The van der Waals surface area contributed by atoms with E-state index in [2.05, 4.69) is 15.9 Å². The minimum atomic E-state index is -2.82. The van der Waals surface area contributed by atoms with Crippen molar-refractivity contribution in [1.29, 1.82) is 0 Å². The highest BCUT2D eigenvalue weighted by Gasteiger charge is 2.17. The molecule has 0 saturated carbocycles. The minimum Gasteiger partial charge on any atom is -0.189 e. The smallest absolute Gasteiger partial charge is 0.189 e. The molecule has 0 radical (unpaired) electrons. The van der Waals surface area contributed by atoms with Gasteiger partial charge in [0.15, 0.2) is 0 Å². The first-order valence-electron chi connectivity index (χ1n) is 3.30. The second-order valence-electron chi connectivity index (χ2n) is 2.09. The Morgan fingerprint density at radius 2 is 2.10 bits per heavy atom. The van der Waals surface area contributed by atoms with Gasteiger partial charge in [0.25, 0.3) is 0 Å². The molecular formula is C7H11BrF2. The van der Waals surface area contributed by atoms with Gasteiger partial charge in [-0.3, -0.25) is 0 Å². The zero-order valence-corrected chi connectivity index (χ0v) is 7.50. The Kier molecular flexibility index (Phi) is 4.87. The summed E-state index contributed by atoms with van der Waals surface area (Å²) < 4.78 is 24.0. The Labute approximate surface area is 68.4 Å². The summed E-state index contributed by atoms with van der Waals surface area (Å²) in [6.07, 6.45) is 5.12. The van der Waals surface area contributed by atoms with Gasteiger partial charge in [0.05, 0.1) is 0 Å². The van der Waals surface area contributed by atoms with E-state index in [9.17, 15) is 8.78 Å². The van der Waals surface area contributed by atoms with Crippen molar-refractivity contribution in [2.75, 3.05) is 0 Å². The van der Waals surface area contributed by atoms with Gasteiger partial charge < -0.3 is 0 Å². The molecular weight excluding hydrogens is 202 g/mol. The summed E-state index contributed by atoms with van der Waals surface area (Å²) in [5.41, 5.74) is 0. The fourth-order valence-electron chi connectivity index (χ4n) is 0.539. The van der Waals surface area contributed by atoms with E-state index in [4.69, 9.17) is 0 Å². The third kappa shape index (κ3) is 8.08. The second-order valence-corrected chi connectivity index (χ2v) is 3.14. The summed E-state index contributed by atoms with van der Waals surface area (Å²) in [6, 6.07) is 0. The number of unbranched alkanes of at least 4 members (excludes halogenated alkanes) is 2. The van der Waals surface area contributed by atoms with Gasteiger partial charge >= 0.3 is 4.83 Å². The fraction of sp³-hybridized carbons (Fsp3) is 0.714. The normalized spacial score (nSPS) is 12.8. The lowest BCUT2D eigenvalue weighted by Crippen LogP contribution is -1.96. The van der Waals surface area contributed by atoms with E-state index in [0.717, 1.165) is 25.3 Å². The molecule has 0 aromatic rings. The molecule has 3 heteroatoms. The van der Waals surface area contributed by atoms with Gasteiger partial charge in [0, 0.05) is 0 Å². The van der Waals surface area contributed by atoms with E-state index < -0.39 is 4.83 Å². The summed E-state index contributed by atoms with van der Waals surface area (Å²) in [5, 5.41) is 0. The maximum atomic E-state index is 12.0. The molecule has 0 aliphatic carbocycles. The summed E-state index contributed by atoms with van der Waals surface area (Å²) in [6.45, 7) is 2.03.